The number of Topliss-reactive ketones (excluding diaryl/α,β-unsaturated/α-hetero) is 1. The molecule has 0 bridgehead atoms. The normalized spacial score (nSPS) is 13.2. The summed E-state index contributed by atoms with van der Waals surface area (Å²) in [5.74, 6) is -1.80. The second kappa shape index (κ2) is 5.66. The van der Waals surface area contributed by atoms with Crippen molar-refractivity contribution in [2.24, 2.45) is 7.05 Å². The molecular weight excluding hydrogens is 280 g/mol. The number of hydrogen-bond donors (Lipinski definition) is 0. The monoisotopic (exact) mass is 292 g/mol. The highest BCUT2D eigenvalue weighted by atomic mass is 35.5. The van der Waals surface area contributed by atoms with E-state index in [2.05, 4.69) is 15.5 Å². The summed E-state index contributed by atoms with van der Waals surface area (Å²) < 4.78 is 5.15. The summed E-state index contributed by atoms with van der Waals surface area (Å²) in [6.07, 6.45) is 0. The van der Waals surface area contributed by atoms with E-state index in [1.165, 1.54) is 4.68 Å². The second-order valence-corrected chi connectivity index (χ2v) is 6.15. The van der Waals surface area contributed by atoms with Crippen LogP contribution in [0, 0.1) is 0 Å². The lowest BCUT2D eigenvalue weighted by molar-refractivity contribution is -0.161. The molecule has 1 aromatic rings. The molecule has 0 saturated heterocycles. The lowest BCUT2D eigenvalue weighted by Gasteiger charge is -2.19. The molecule has 1 atom stereocenters. The van der Waals surface area contributed by atoms with E-state index in [1.807, 2.05) is 0 Å². The maximum Gasteiger partial charge on any atom is 0.377 e. The van der Waals surface area contributed by atoms with Crippen molar-refractivity contribution in [2.75, 3.05) is 0 Å². The number of thioether (sulfide) groups is 1. The number of aryl methyl sites for hydroxylation is 1. The van der Waals surface area contributed by atoms with E-state index in [0.717, 1.165) is 11.8 Å². The minimum absolute atomic E-state index is 0.340. The van der Waals surface area contributed by atoms with Gasteiger partial charge in [-0.25, -0.2) is 9.48 Å². The Kier molecular flexibility index (Phi) is 4.69. The van der Waals surface area contributed by atoms with Gasteiger partial charge in [-0.15, -0.1) is 16.7 Å². The summed E-state index contributed by atoms with van der Waals surface area (Å²) in [5.41, 5.74) is -0.736. The van der Waals surface area contributed by atoms with E-state index in [4.69, 9.17) is 16.3 Å². The van der Waals surface area contributed by atoms with Crippen molar-refractivity contribution in [3.05, 3.63) is 0 Å². The summed E-state index contributed by atoms with van der Waals surface area (Å²) in [6.45, 7) is 5.00. The van der Waals surface area contributed by atoms with Crippen LogP contribution >= 0.6 is 23.4 Å². The molecule has 1 aromatic heterocycles. The molecule has 1 rings (SSSR count). The van der Waals surface area contributed by atoms with Crippen molar-refractivity contribution in [1.29, 1.82) is 0 Å². The van der Waals surface area contributed by atoms with Gasteiger partial charge in [-0.2, -0.15) is 0 Å². The third-order valence-electron chi connectivity index (χ3n) is 1.60. The van der Waals surface area contributed by atoms with Crippen LogP contribution in [0.3, 0.4) is 0 Å². The number of hydrogen-bond acceptors (Lipinski definition) is 7. The number of nitrogens with zero attached hydrogens (tertiary/aromatic N) is 4. The molecule has 0 spiro atoms. The molecule has 0 aromatic carbocycles. The Hall–Kier alpha value is -1.15. The van der Waals surface area contributed by atoms with Crippen molar-refractivity contribution in [1.82, 2.24) is 20.2 Å². The SMILES string of the molecule is Cn1nnnc1SC(Cl)C(=O)C(=O)OC(C)(C)C. The summed E-state index contributed by atoms with van der Waals surface area (Å²) >= 11 is 6.70. The Bertz CT molecular complexity index is 457. The molecule has 0 saturated carbocycles. The highest BCUT2D eigenvalue weighted by Gasteiger charge is 2.30. The van der Waals surface area contributed by atoms with Gasteiger partial charge in [0.05, 0.1) is 0 Å². The van der Waals surface area contributed by atoms with E-state index in [-0.39, 0.29) is 0 Å². The number of aromatic nitrogens is 4. The minimum Gasteiger partial charge on any atom is -0.454 e. The lowest BCUT2D eigenvalue weighted by Crippen LogP contribution is -2.32. The quantitative estimate of drug-likeness (QED) is 0.351. The Morgan fingerprint density at radius 1 is 1.44 bits per heavy atom. The predicted molar refractivity (Wildman–Crippen MR) is 65.1 cm³/mol. The molecule has 0 aliphatic carbocycles. The third kappa shape index (κ3) is 4.26. The standard InChI is InChI=1S/C9H13ClN4O3S/c1-9(2,3)17-7(16)5(15)6(10)18-8-11-12-13-14(8)4/h6H,1-4H3. The van der Waals surface area contributed by atoms with E-state index in [0.29, 0.717) is 5.16 Å². The maximum atomic E-state index is 11.7. The Morgan fingerprint density at radius 3 is 2.50 bits per heavy atom. The first-order chi connectivity index (χ1) is 8.20. The smallest absolute Gasteiger partial charge is 0.377 e. The van der Waals surface area contributed by atoms with Crippen LogP contribution in [0.2, 0.25) is 0 Å². The zero-order valence-corrected chi connectivity index (χ0v) is 11.9. The van der Waals surface area contributed by atoms with Crippen LogP contribution in [0.4, 0.5) is 0 Å². The molecule has 9 heteroatoms. The molecule has 1 unspecified atom stereocenters. The number of esters is 1. The highest BCUT2D eigenvalue weighted by molar-refractivity contribution is 8.01. The van der Waals surface area contributed by atoms with Gasteiger partial charge in [0.1, 0.15) is 5.60 Å². The number of carbonyl (C=O) groups is 2. The number of ether oxygens (including phenoxy) is 1. The summed E-state index contributed by atoms with van der Waals surface area (Å²) in [6, 6.07) is 0. The zero-order valence-electron chi connectivity index (χ0n) is 10.4. The average Bonchev–Trinajstić information content (AvgIpc) is 2.60. The first-order valence-electron chi connectivity index (χ1n) is 5.01. The lowest BCUT2D eigenvalue weighted by atomic mass is 10.2. The second-order valence-electron chi connectivity index (χ2n) is 4.39. The van der Waals surface area contributed by atoms with Crippen LogP contribution < -0.4 is 0 Å². The van der Waals surface area contributed by atoms with Gasteiger partial charge in [-0.3, -0.25) is 4.79 Å². The molecule has 100 valence electrons. The summed E-state index contributed by atoms with van der Waals surface area (Å²) in [4.78, 5) is 23.1. The number of alkyl halides is 1. The fraction of sp³-hybridized carbons (Fsp3) is 0.667. The Balaban J connectivity index is 2.62. The predicted octanol–water partition coefficient (Wildman–Crippen LogP) is 0.778. The number of carbonyl (C=O) groups excluding carboxylic acids is 2. The molecule has 0 amide bonds. The third-order valence-corrected chi connectivity index (χ3v) is 3.04. The van der Waals surface area contributed by atoms with Gasteiger partial charge in [0.25, 0.3) is 5.78 Å². The van der Waals surface area contributed by atoms with Crippen LogP contribution in [-0.4, -0.2) is 42.3 Å². The fourth-order valence-electron chi connectivity index (χ4n) is 0.888. The van der Waals surface area contributed by atoms with Crippen LogP contribution in [0.1, 0.15) is 20.8 Å². The fourth-order valence-corrected chi connectivity index (χ4v) is 1.88. The molecule has 0 radical (unpaired) electrons. The van der Waals surface area contributed by atoms with Gasteiger partial charge < -0.3 is 4.74 Å². The number of rotatable bonds is 4. The molecule has 18 heavy (non-hydrogen) atoms. The van der Waals surface area contributed by atoms with Gasteiger partial charge in [-0.05, 0) is 31.2 Å². The van der Waals surface area contributed by atoms with Crippen LogP contribution in [-0.2, 0) is 21.4 Å². The topological polar surface area (TPSA) is 87.0 Å². The first kappa shape index (κ1) is 14.9. The first-order valence-corrected chi connectivity index (χ1v) is 6.32. The molecule has 1 heterocycles. The number of halogens is 1. The summed E-state index contributed by atoms with van der Waals surface area (Å²) in [5, 5.41) is 11.0. The van der Waals surface area contributed by atoms with Gasteiger partial charge >= 0.3 is 5.97 Å². The van der Waals surface area contributed by atoms with E-state index >= 15 is 0 Å². The Labute approximate surface area is 113 Å². The van der Waals surface area contributed by atoms with Crippen molar-refractivity contribution in [2.45, 2.75) is 36.2 Å². The number of ketones is 1. The summed E-state index contributed by atoms with van der Waals surface area (Å²) in [7, 11) is 1.60. The van der Waals surface area contributed by atoms with Crippen molar-refractivity contribution >= 4 is 35.1 Å². The molecule has 7 nitrogen and oxygen atoms in total. The van der Waals surface area contributed by atoms with Crippen molar-refractivity contribution in [3.63, 3.8) is 0 Å². The molecule has 0 N–H and O–H groups in total. The van der Waals surface area contributed by atoms with Crippen molar-refractivity contribution in [3.8, 4) is 0 Å². The van der Waals surface area contributed by atoms with Gasteiger partial charge in [0.2, 0.25) is 5.16 Å². The van der Waals surface area contributed by atoms with E-state index < -0.39 is 22.1 Å². The van der Waals surface area contributed by atoms with Crippen molar-refractivity contribution < 1.29 is 14.3 Å². The van der Waals surface area contributed by atoms with Gasteiger partial charge in [0.15, 0.2) is 4.71 Å². The largest absolute Gasteiger partial charge is 0.454 e. The zero-order chi connectivity index (χ0) is 13.9. The van der Waals surface area contributed by atoms with E-state index in [1.54, 1.807) is 27.8 Å². The van der Waals surface area contributed by atoms with Crippen LogP contribution in [0.15, 0.2) is 5.16 Å². The number of tetrazole rings is 1. The van der Waals surface area contributed by atoms with Gasteiger partial charge in [-0.1, -0.05) is 11.8 Å². The van der Waals surface area contributed by atoms with E-state index in [9.17, 15) is 9.59 Å². The van der Waals surface area contributed by atoms with Gasteiger partial charge in [0, 0.05) is 7.05 Å². The average molecular weight is 293 g/mol. The minimum atomic E-state index is -1.12. The molecular formula is C9H13ClN4O3S. The molecule has 0 fully saturated rings. The maximum absolute atomic E-state index is 11.7. The van der Waals surface area contributed by atoms with Crippen LogP contribution in [0.5, 0.6) is 0 Å². The highest BCUT2D eigenvalue weighted by Crippen LogP contribution is 2.24. The molecule has 0 aliphatic rings. The molecule has 0 aliphatic heterocycles. The van der Waals surface area contributed by atoms with Crippen LogP contribution in [0.25, 0.3) is 0 Å². The Morgan fingerprint density at radius 2 is 2.06 bits per heavy atom.